The third-order valence-electron chi connectivity index (χ3n) is 3.06. The fourth-order valence-corrected chi connectivity index (χ4v) is 2.62. The highest BCUT2D eigenvalue weighted by molar-refractivity contribution is 7.13. The van der Waals surface area contributed by atoms with Crippen LogP contribution in [0.5, 0.6) is 11.5 Å². The van der Waals surface area contributed by atoms with E-state index in [0.717, 1.165) is 5.69 Å². The second-order valence-corrected chi connectivity index (χ2v) is 5.72. The normalized spacial score (nSPS) is 10.1. The summed E-state index contributed by atoms with van der Waals surface area (Å²) >= 11 is 1.31. The molecule has 0 spiro atoms. The lowest BCUT2D eigenvalue weighted by Crippen LogP contribution is -2.21. The van der Waals surface area contributed by atoms with Gasteiger partial charge in [-0.2, -0.15) is 0 Å². The minimum absolute atomic E-state index is 0.00317. The number of aryl methyl sites for hydroxylation is 1. The summed E-state index contributed by atoms with van der Waals surface area (Å²) in [7, 11) is 3.05. The maximum atomic E-state index is 11.9. The van der Waals surface area contributed by atoms with Gasteiger partial charge in [-0.1, -0.05) is 6.07 Å². The molecule has 7 nitrogen and oxygen atoms in total. The van der Waals surface area contributed by atoms with Crippen molar-refractivity contribution < 1.29 is 23.8 Å². The van der Waals surface area contributed by atoms with Gasteiger partial charge in [0.25, 0.3) is 5.91 Å². The number of nitrogens with one attached hydrogen (secondary N) is 1. The zero-order valence-corrected chi connectivity index (χ0v) is 14.4. The number of carbonyl (C=O) groups excluding carboxylic acids is 2. The van der Waals surface area contributed by atoms with Gasteiger partial charge in [0.1, 0.15) is 11.5 Å². The van der Waals surface area contributed by atoms with Gasteiger partial charge in [0.15, 0.2) is 11.7 Å². The molecule has 2 rings (SSSR count). The van der Waals surface area contributed by atoms with E-state index in [1.54, 1.807) is 25.3 Å². The fraction of sp³-hybridized carbons (Fsp3) is 0.312. The molecule has 0 saturated carbocycles. The van der Waals surface area contributed by atoms with Crippen LogP contribution in [0.3, 0.4) is 0 Å². The minimum Gasteiger partial charge on any atom is -0.497 e. The van der Waals surface area contributed by atoms with Crippen molar-refractivity contribution >= 4 is 28.3 Å². The molecule has 0 aliphatic rings. The van der Waals surface area contributed by atoms with Crippen LogP contribution in [0.15, 0.2) is 23.6 Å². The smallest absolute Gasteiger partial charge is 0.310 e. The molecule has 1 aromatic carbocycles. The first-order valence-corrected chi connectivity index (χ1v) is 7.98. The van der Waals surface area contributed by atoms with E-state index in [1.807, 2.05) is 12.3 Å². The molecule has 1 heterocycles. The molecule has 128 valence electrons. The van der Waals surface area contributed by atoms with Crippen molar-refractivity contribution in [2.45, 2.75) is 13.3 Å². The molecule has 0 unspecified atom stereocenters. The van der Waals surface area contributed by atoms with Gasteiger partial charge in [-0.05, 0) is 13.0 Å². The molecule has 0 aliphatic carbocycles. The summed E-state index contributed by atoms with van der Waals surface area (Å²) in [6.45, 7) is 1.46. The molecule has 0 fully saturated rings. The van der Waals surface area contributed by atoms with E-state index in [4.69, 9.17) is 14.2 Å². The van der Waals surface area contributed by atoms with Crippen molar-refractivity contribution in [2.24, 2.45) is 0 Å². The van der Waals surface area contributed by atoms with Crippen LogP contribution in [-0.2, 0) is 20.7 Å². The summed E-state index contributed by atoms with van der Waals surface area (Å²) < 4.78 is 15.3. The monoisotopic (exact) mass is 350 g/mol. The van der Waals surface area contributed by atoms with Gasteiger partial charge in [-0.3, -0.25) is 14.9 Å². The quantitative estimate of drug-likeness (QED) is 0.770. The highest BCUT2D eigenvalue weighted by Gasteiger charge is 2.13. The van der Waals surface area contributed by atoms with Crippen LogP contribution in [0.1, 0.15) is 11.3 Å². The van der Waals surface area contributed by atoms with Gasteiger partial charge in [0.05, 0.1) is 26.3 Å². The van der Waals surface area contributed by atoms with Gasteiger partial charge in [0.2, 0.25) is 0 Å². The second kappa shape index (κ2) is 8.30. The van der Waals surface area contributed by atoms with E-state index in [9.17, 15) is 9.59 Å². The number of carbonyl (C=O) groups is 2. The maximum absolute atomic E-state index is 11.9. The van der Waals surface area contributed by atoms with Crippen molar-refractivity contribution in [3.8, 4) is 11.5 Å². The van der Waals surface area contributed by atoms with Gasteiger partial charge < -0.3 is 14.2 Å². The van der Waals surface area contributed by atoms with Crippen molar-refractivity contribution in [2.75, 3.05) is 26.1 Å². The lowest BCUT2D eigenvalue weighted by Gasteiger charge is -2.10. The number of aromatic nitrogens is 1. The van der Waals surface area contributed by atoms with Gasteiger partial charge in [-0.25, -0.2) is 4.98 Å². The number of hydrogen-bond donors (Lipinski definition) is 1. The van der Waals surface area contributed by atoms with Gasteiger partial charge >= 0.3 is 5.97 Å². The Morgan fingerprint density at radius 1 is 1.25 bits per heavy atom. The molecular formula is C16H18N2O5S. The number of anilines is 1. The number of amides is 1. The predicted molar refractivity (Wildman–Crippen MR) is 89.7 cm³/mol. The molecule has 1 amide bonds. The number of rotatable bonds is 7. The SMILES string of the molecule is COc1ccc(CC(=O)OCC(=O)Nc2nc(C)cs2)c(OC)c1. The molecular weight excluding hydrogens is 332 g/mol. The van der Waals surface area contributed by atoms with Crippen molar-refractivity contribution in [1.29, 1.82) is 0 Å². The molecule has 1 aromatic heterocycles. The number of esters is 1. The molecule has 0 radical (unpaired) electrons. The molecule has 0 saturated heterocycles. The first-order chi connectivity index (χ1) is 11.5. The van der Waals surface area contributed by atoms with E-state index in [1.165, 1.54) is 18.4 Å². The Morgan fingerprint density at radius 3 is 2.67 bits per heavy atom. The Kier molecular flexibility index (Phi) is 6.14. The Morgan fingerprint density at radius 2 is 2.04 bits per heavy atom. The standard InChI is InChI=1S/C16H18N2O5S/c1-10-9-24-16(17-10)18-14(19)8-23-15(20)6-11-4-5-12(21-2)7-13(11)22-3/h4-5,7,9H,6,8H2,1-3H3,(H,17,18,19). The zero-order valence-electron chi connectivity index (χ0n) is 13.6. The van der Waals surface area contributed by atoms with E-state index in [2.05, 4.69) is 10.3 Å². The summed E-state index contributed by atoms with van der Waals surface area (Å²) in [5.41, 5.74) is 1.47. The Balaban J connectivity index is 1.85. The van der Waals surface area contributed by atoms with Gasteiger partial charge in [0, 0.05) is 17.0 Å². The number of methoxy groups -OCH3 is 2. The van der Waals surface area contributed by atoms with Crippen LogP contribution < -0.4 is 14.8 Å². The van der Waals surface area contributed by atoms with Crippen LogP contribution in [0, 0.1) is 6.92 Å². The number of hydrogen-bond acceptors (Lipinski definition) is 7. The zero-order chi connectivity index (χ0) is 17.5. The van der Waals surface area contributed by atoms with Gasteiger partial charge in [-0.15, -0.1) is 11.3 Å². The van der Waals surface area contributed by atoms with Crippen molar-refractivity contribution in [3.05, 3.63) is 34.8 Å². The van der Waals surface area contributed by atoms with Crippen LogP contribution in [0.25, 0.3) is 0 Å². The first-order valence-electron chi connectivity index (χ1n) is 7.10. The largest absolute Gasteiger partial charge is 0.497 e. The van der Waals surface area contributed by atoms with E-state index in [-0.39, 0.29) is 13.0 Å². The number of thiazole rings is 1. The van der Waals surface area contributed by atoms with Crippen LogP contribution >= 0.6 is 11.3 Å². The molecule has 1 N–H and O–H groups in total. The molecule has 0 atom stereocenters. The predicted octanol–water partition coefficient (Wildman–Crippen LogP) is 2.19. The average Bonchev–Trinajstić information content (AvgIpc) is 2.98. The Hall–Kier alpha value is -2.61. The highest BCUT2D eigenvalue weighted by atomic mass is 32.1. The topological polar surface area (TPSA) is 86.8 Å². The molecule has 24 heavy (non-hydrogen) atoms. The molecule has 8 heteroatoms. The number of benzene rings is 1. The Labute approximate surface area is 143 Å². The van der Waals surface area contributed by atoms with Crippen LogP contribution in [0.2, 0.25) is 0 Å². The lowest BCUT2D eigenvalue weighted by atomic mass is 10.1. The summed E-state index contributed by atoms with van der Waals surface area (Å²) in [6.07, 6.45) is -0.00317. The summed E-state index contributed by atoms with van der Waals surface area (Å²) in [5.74, 6) is 0.194. The van der Waals surface area contributed by atoms with Crippen LogP contribution in [0.4, 0.5) is 5.13 Å². The third kappa shape index (κ3) is 4.95. The maximum Gasteiger partial charge on any atom is 0.310 e. The number of nitrogens with zero attached hydrogens (tertiary/aromatic N) is 1. The molecule has 2 aromatic rings. The summed E-state index contributed by atoms with van der Waals surface area (Å²) in [5, 5.41) is 4.86. The minimum atomic E-state index is -0.524. The average molecular weight is 350 g/mol. The summed E-state index contributed by atoms with van der Waals surface area (Å²) in [6, 6.07) is 5.13. The molecule has 0 aliphatic heterocycles. The van der Waals surface area contributed by atoms with Crippen molar-refractivity contribution in [3.63, 3.8) is 0 Å². The third-order valence-corrected chi connectivity index (χ3v) is 3.93. The first kappa shape index (κ1) is 17.7. The molecule has 0 bridgehead atoms. The van der Waals surface area contributed by atoms with E-state index >= 15 is 0 Å². The lowest BCUT2D eigenvalue weighted by molar-refractivity contribution is -0.146. The second-order valence-electron chi connectivity index (χ2n) is 4.86. The fourth-order valence-electron chi connectivity index (χ4n) is 1.92. The van der Waals surface area contributed by atoms with E-state index < -0.39 is 11.9 Å². The summed E-state index contributed by atoms with van der Waals surface area (Å²) in [4.78, 5) is 27.7. The van der Waals surface area contributed by atoms with E-state index in [0.29, 0.717) is 22.2 Å². The van der Waals surface area contributed by atoms with Crippen LogP contribution in [-0.4, -0.2) is 37.7 Å². The highest BCUT2D eigenvalue weighted by Crippen LogP contribution is 2.25. The van der Waals surface area contributed by atoms with Crippen molar-refractivity contribution in [1.82, 2.24) is 4.98 Å². The number of ether oxygens (including phenoxy) is 3. The Bertz CT molecular complexity index is 729.